The third kappa shape index (κ3) is 5.28. The van der Waals surface area contributed by atoms with Crippen LogP contribution in [0.3, 0.4) is 0 Å². The monoisotopic (exact) mass is 463 g/mol. The molecule has 2 saturated heterocycles. The zero-order chi connectivity index (χ0) is 23.6. The highest BCUT2D eigenvalue weighted by molar-refractivity contribution is 6.01. The van der Waals surface area contributed by atoms with Crippen molar-refractivity contribution in [2.45, 2.75) is 37.1 Å². The smallest absolute Gasteiger partial charge is 0.390 e. The first kappa shape index (κ1) is 23.1. The van der Waals surface area contributed by atoms with E-state index in [1.54, 1.807) is 4.90 Å². The number of aliphatic hydroxyl groups is 1. The molecule has 176 valence electrons. The predicted molar refractivity (Wildman–Crippen MR) is 115 cm³/mol. The number of nitrogens with zero attached hydrogens (tertiary/aromatic N) is 1. The number of amides is 3. The van der Waals surface area contributed by atoms with Crippen LogP contribution in [0, 0.1) is 0 Å². The number of piperidine rings is 1. The van der Waals surface area contributed by atoms with Gasteiger partial charge in [0.05, 0.1) is 24.9 Å². The number of aliphatic hydroxyl groups excluding tert-OH is 1. The van der Waals surface area contributed by atoms with Crippen LogP contribution in [-0.2, 0) is 15.7 Å². The average molecular weight is 463 g/mol. The summed E-state index contributed by atoms with van der Waals surface area (Å²) in [5.74, 6) is -0.361. The number of hydrogen-bond acceptors (Lipinski definition) is 4. The maximum absolute atomic E-state index is 13.0. The van der Waals surface area contributed by atoms with Gasteiger partial charge < -0.3 is 25.4 Å². The van der Waals surface area contributed by atoms with Gasteiger partial charge in [0.25, 0.3) is 0 Å². The van der Waals surface area contributed by atoms with Crippen molar-refractivity contribution >= 4 is 23.3 Å². The number of nitrogens with one attached hydrogen (secondary N) is 2. The van der Waals surface area contributed by atoms with E-state index in [-0.39, 0.29) is 17.5 Å². The molecule has 2 aromatic carbocycles. The first-order valence-electron chi connectivity index (χ1n) is 10.6. The minimum absolute atomic E-state index is 0.0978. The molecule has 7 nitrogen and oxygen atoms in total. The van der Waals surface area contributed by atoms with Crippen molar-refractivity contribution in [3.8, 4) is 0 Å². The Morgan fingerprint density at radius 1 is 1.06 bits per heavy atom. The quantitative estimate of drug-likeness (QED) is 0.648. The van der Waals surface area contributed by atoms with E-state index < -0.39 is 29.9 Å². The van der Waals surface area contributed by atoms with Gasteiger partial charge in [-0.05, 0) is 54.8 Å². The first-order valence-corrected chi connectivity index (χ1v) is 10.6. The third-order valence-electron chi connectivity index (χ3n) is 5.90. The lowest BCUT2D eigenvalue weighted by molar-refractivity contribution is -0.137. The van der Waals surface area contributed by atoms with Crippen molar-refractivity contribution in [2.24, 2.45) is 0 Å². The van der Waals surface area contributed by atoms with E-state index in [1.807, 2.05) is 24.3 Å². The van der Waals surface area contributed by atoms with E-state index in [0.29, 0.717) is 38.3 Å². The van der Waals surface area contributed by atoms with Gasteiger partial charge in [0.2, 0.25) is 5.91 Å². The summed E-state index contributed by atoms with van der Waals surface area (Å²) in [5, 5.41) is 15.1. The molecule has 2 aliphatic rings. The van der Waals surface area contributed by atoms with Gasteiger partial charge in [-0.3, -0.25) is 4.79 Å². The Morgan fingerprint density at radius 3 is 2.36 bits per heavy atom. The molecule has 4 rings (SSSR count). The van der Waals surface area contributed by atoms with E-state index in [1.165, 1.54) is 0 Å². The molecular formula is C23H24F3N3O4. The van der Waals surface area contributed by atoms with Crippen molar-refractivity contribution in [3.63, 3.8) is 0 Å². The molecule has 0 bridgehead atoms. The molecule has 2 fully saturated rings. The van der Waals surface area contributed by atoms with E-state index in [0.717, 1.165) is 29.8 Å². The molecule has 2 heterocycles. The summed E-state index contributed by atoms with van der Waals surface area (Å²) in [6.45, 7) is 1.26. The summed E-state index contributed by atoms with van der Waals surface area (Å²) in [7, 11) is 0. The topological polar surface area (TPSA) is 90.9 Å². The van der Waals surface area contributed by atoms with Crippen LogP contribution in [-0.4, -0.2) is 48.9 Å². The minimum atomic E-state index is -4.46. The van der Waals surface area contributed by atoms with Gasteiger partial charge in [0.1, 0.15) is 6.04 Å². The number of halogens is 3. The molecule has 10 heteroatoms. The normalized spacial score (nSPS) is 23.5. The zero-order valence-electron chi connectivity index (χ0n) is 17.6. The number of alkyl halides is 3. The highest BCUT2D eigenvalue weighted by atomic mass is 19.4. The SMILES string of the molecule is O=C(Nc1ccc(C(F)(F)F)cc1)NC1CCCN(c2ccc(C3COCC3O)cc2)C1=O. The molecule has 3 unspecified atom stereocenters. The number of benzene rings is 2. The standard InChI is InChI=1S/C23H24F3N3O4/c24-23(25,26)15-5-7-16(8-6-15)27-22(32)28-19-2-1-11-29(21(19)31)17-9-3-14(4-10-17)18-12-33-13-20(18)30/h3-10,18-20,30H,1-2,11-13H2,(H2,27,28,32). The molecule has 0 spiro atoms. The summed E-state index contributed by atoms with van der Waals surface area (Å²) < 4.78 is 43.3. The fourth-order valence-electron chi connectivity index (χ4n) is 4.10. The lowest BCUT2D eigenvalue weighted by Crippen LogP contribution is -2.53. The summed E-state index contributed by atoms with van der Waals surface area (Å²) in [6, 6.07) is 9.99. The molecular weight excluding hydrogens is 439 g/mol. The molecule has 3 atom stereocenters. The summed E-state index contributed by atoms with van der Waals surface area (Å²) in [6.07, 6.45) is -3.88. The third-order valence-corrected chi connectivity index (χ3v) is 5.90. The Kier molecular flexibility index (Phi) is 6.57. The molecule has 2 aromatic rings. The first-order chi connectivity index (χ1) is 15.7. The number of hydrogen-bond donors (Lipinski definition) is 3. The number of urea groups is 1. The van der Waals surface area contributed by atoms with Crippen LogP contribution in [0.15, 0.2) is 48.5 Å². The van der Waals surface area contributed by atoms with Gasteiger partial charge in [-0.2, -0.15) is 13.2 Å². The molecule has 0 aromatic heterocycles. The number of ether oxygens (including phenoxy) is 1. The Balaban J connectivity index is 1.36. The summed E-state index contributed by atoms with van der Waals surface area (Å²) in [4.78, 5) is 26.9. The fourth-order valence-corrected chi connectivity index (χ4v) is 4.10. The average Bonchev–Trinajstić information content (AvgIpc) is 3.21. The molecule has 0 aliphatic carbocycles. The van der Waals surface area contributed by atoms with Crippen LogP contribution in [0.2, 0.25) is 0 Å². The molecule has 0 saturated carbocycles. The van der Waals surface area contributed by atoms with Crippen LogP contribution in [0.25, 0.3) is 0 Å². The number of carbonyl (C=O) groups is 2. The van der Waals surface area contributed by atoms with Gasteiger partial charge in [0, 0.05) is 23.8 Å². The summed E-state index contributed by atoms with van der Waals surface area (Å²) >= 11 is 0. The number of carbonyl (C=O) groups excluding carboxylic acids is 2. The van der Waals surface area contributed by atoms with Crippen LogP contribution < -0.4 is 15.5 Å². The highest BCUT2D eigenvalue weighted by Gasteiger charge is 2.32. The van der Waals surface area contributed by atoms with Crippen LogP contribution in [0.5, 0.6) is 0 Å². The Morgan fingerprint density at radius 2 is 1.76 bits per heavy atom. The van der Waals surface area contributed by atoms with Gasteiger partial charge in [-0.15, -0.1) is 0 Å². The van der Waals surface area contributed by atoms with E-state index in [9.17, 15) is 27.9 Å². The van der Waals surface area contributed by atoms with E-state index >= 15 is 0 Å². The second-order valence-electron chi connectivity index (χ2n) is 8.16. The molecule has 33 heavy (non-hydrogen) atoms. The van der Waals surface area contributed by atoms with Crippen molar-refractivity contribution in [1.29, 1.82) is 0 Å². The second kappa shape index (κ2) is 9.40. The predicted octanol–water partition coefficient (Wildman–Crippen LogP) is 3.50. The number of anilines is 2. The van der Waals surface area contributed by atoms with Crippen molar-refractivity contribution in [2.75, 3.05) is 30.0 Å². The van der Waals surface area contributed by atoms with Gasteiger partial charge in [-0.25, -0.2) is 4.79 Å². The molecule has 3 N–H and O–H groups in total. The van der Waals surface area contributed by atoms with Gasteiger partial charge in [0.15, 0.2) is 0 Å². The van der Waals surface area contributed by atoms with Crippen molar-refractivity contribution in [3.05, 3.63) is 59.7 Å². The van der Waals surface area contributed by atoms with Crippen molar-refractivity contribution in [1.82, 2.24) is 5.32 Å². The largest absolute Gasteiger partial charge is 0.416 e. The molecule has 0 radical (unpaired) electrons. The highest BCUT2D eigenvalue weighted by Crippen LogP contribution is 2.30. The van der Waals surface area contributed by atoms with E-state index in [4.69, 9.17) is 4.74 Å². The Labute approximate surface area is 188 Å². The van der Waals surface area contributed by atoms with Gasteiger partial charge in [-0.1, -0.05) is 12.1 Å². The minimum Gasteiger partial charge on any atom is -0.390 e. The van der Waals surface area contributed by atoms with Crippen LogP contribution in [0.4, 0.5) is 29.3 Å². The van der Waals surface area contributed by atoms with Crippen LogP contribution in [0.1, 0.15) is 29.9 Å². The fraction of sp³-hybridized carbons (Fsp3) is 0.391. The molecule has 2 aliphatic heterocycles. The number of rotatable bonds is 4. The lowest BCUT2D eigenvalue weighted by Gasteiger charge is -2.33. The van der Waals surface area contributed by atoms with Gasteiger partial charge >= 0.3 is 12.2 Å². The summed E-state index contributed by atoms with van der Waals surface area (Å²) in [5.41, 5.74) is 0.993. The zero-order valence-corrected chi connectivity index (χ0v) is 17.6. The Bertz CT molecular complexity index is 996. The van der Waals surface area contributed by atoms with Crippen molar-refractivity contribution < 1.29 is 32.6 Å². The van der Waals surface area contributed by atoms with E-state index in [2.05, 4.69) is 10.6 Å². The molecule has 3 amide bonds. The maximum atomic E-state index is 13.0. The second-order valence-corrected chi connectivity index (χ2v) is 8.16. The Hall–Kier alpha value is -3.11. The lowest BCUT2D eigenvalue weighted by atomic mass is 9.95. The van der Waals surface area contributed by atoms with Crippen LogP contribution >= 0.6 is 0 Å². The maximum Gasteiger partial charge on any atom is 0.416 e.